The Balaban J connectivity index is 2.10. The first-order valence-electron chi connectivity index (χ1n) is 5.32. The minimum atomic E-state index is 0.704. The van der Waals surface area contributed by atoms with E-state index in [0.29, 0.717) is 5.02 Å². The van der Waals surface area contributed by atoms with E-state index >= 15 is 0 Å². The van der Waals surface area contributed by atoms with E-state index in [1.165, 1.54) is 9.75 Å². The van der Waals surface area contributed by atoms with E-state index in [2.05, 4.69) is 24.4 Å². The summed E-state index contributed by atoms with van der Waals surface area (Å²) in [7, 11) is 1.66. The van der Waals surface area contributed by atoms with Crippen LogP contribution in [0, 0.1) is 6.92 Å². The first-order chi connectivity index (χ1) is 8.19. The fourth-order valence-electron chi connectivity index (χ4n) is 1.58. The van der Waals surface area contributed by atoms with Gasteiger partial charge in [0.25, 0.3) is 0 Å². The summed E-state index contributed by atoms with van der Waals surface area (Å²) >= 11 is 7.76. The lowest BCUT2D eigenvalue weighted by Gasteiger charge is -2.10. The van der Waals surface area contributed by atoms with E-state index in [9.17, 15) is 0 Å². The van der Waals surface area contributed by atoms with Gasteiger partial charge in [0.15, 0.2) is 0 Å². The third-order valence-corrected chi connectivity index (χ3v) is 3.65. The molecule has 0 bridgehead atoms. The molecule has 0 unspecified atom stereocenters. The van der Waals surface area contributed by atoms with Gasteiger partial charge in [-0.3, -0.25) is 0 Å². The molecule has 0 saturated heterocycles. The number of hydrogen-bond donors (Lipinski definition) is 1. The first kappa shape index (κ1) is 12.3. The zero-order valence-corrected chi connectivity index (χ0v) is 11.4. The van der Waals surface area contributed by atoms with Crippen LogP contribution in [0.15, 0.2) is 30.3 Å². The Morgan fingerprint density at radius 1 is 1.29 bits per heavy atom. The van der Waals surface area contributed by atoms with Crippen LogP contribution in [0.3, 0.4) is 0 Å². The van der Waals surface area contributed by atoms with E-state index < -0.39 is 0 Å². The highest BCUT2D eigenvalue weighted by molar-refractivity contribution is 7.11. The molecular weight excluding hydrogens is 254 g/mol. The van der Waals surface area contributed by atoms with Crippen LogP contribution in [-0.4, -0.2) is 7.11 Å². The third-order valence-electron chi connectivity index (χ3n) is 2.41. The van der Waals surface area contributed by atoms with Crippen molar-refractivity contribution < 1.29 is 4.74 Å². The predicted octanol–water partition coefficient (Wildman–Crippen LogP) is 4.33. The lowest BCUT2D eigenvalue weighted by atomic mass is 10.3. The molecule has 0 aliphatic carbocycles. The Kier molecular flexibility index (Phi) is 3.92. The molecule has 0 spiro atoms. The number of rotatable bonds is 4. The maximum atomic E-state index is 5.97. The number of nitrogens with one attached hydrogen (secondary N) is 1. The molecule has 0 amide bonds. The molecule has 17 heavy (non-hydrogen) atoms. The van der Waals surface area contributed by atoms with Crippen molar-refractivity contribution in [2.75, 3.05) is 12.4 Å². The second-order valence-electron chi connectivity index (χ2n) is 3.71. The van der Waals surface area contributed by atoms with Gasteiger partial charge in [-0.2, -0.15) is 0 Å². The van der Waals surface area contributed by atoms with E-state index in [1.54, 1.807) is 18.4 Å². The van der Waals surface area contributed by atoms with Crippen molar-refractivity contribution in [3.8, 4) is 5.75 Å². The second-order valence-corrected chi connectivity index (χ2v) is 5.52. The zero-order valence-electron chi connectivity index (χ0n) is 9.79. The van der Waals surface area contributed by atoms with Crippen molar-refractivity contribution in [2.45, 2.75) is 13.5 Å². The highest BCUT2D eigenvalue weighted by atomic mass is 35.5. The standard InChI is InChI=1S/C13H14ClNOS/c1-9-3-5-11(17-9)8-15-12-7-10(14)4-6-13(12)16-2/h3-7,15H,8H2,1-2H3. The monoisotopic (exact) mass is 267 g/mol. The molecule has 0 radical (unpaired) electrons. The van der Waals surface area contributed by atoms with Crippen molar-refractivity contribution in [3.05, 3.63) is 45.1 Å². The number of benzene rings is 1. The summed E-state index contributed by atoms with van der Waals surface area (Å²) in [4.78, 5) is 2.62. The van der Waals surface area contributed by atoms with Crippen LogP contribution >= 0.6 is 22.9 Å². The molecule has 1 aromatic heterocycles. The number of aryl methyl sites for hydroxylation is 1. The minimum Gasteiger partial charge on any atom is -0.495 e. The van der Waals surface area contributed by atoms with Crippen LogP contribution in [-0.2, 0) is 6.54 Å². The Bertz CT molecular complexity index is 510. The lowest BCUT2D eigenvalue weighted by Crippen LogP contribution is -1.99. The van der Waals surface area contributed by atoms with Crippen LogP contribution in [0.5, 0.6) is 5.75 Å². The van der Waals surface area contributed by atoms with E-state index in [4.69, 9.17) is 16.3 Å². The van der Waals surface area contributed by atoms with Crippen LogP contribution in [0.25, 0.3) is 0 Å². The van der Waals surface area contributed by atoms with Crippen LogP contribution in [0.4, 0.5) is 5.69 Å². The van der Waals surface area contributed by atoms with Gasteiger partial charge in [-0.1, -0.05) is 11.6 Å². The number of methoxy groups -OCH3 is 1. The summed E-state index contributed by atoms with van der Waals surface area (Å²) in [6.07, 6.45) is 0. The molecule has 2 rings (SSSR count). The topological polar surface area (TPSA) is 21.3 Å². The molecule has 90 valence electrons. The van der Waals surface area contributed by atoms with Gasteiger partial charge in [-0.25, -0.2) is 0 Å². The molecule has 0 atom stereocenters. The maximum Gasteiger partial charge on any atom is 0.142 e. The summed E-state index contributed by atoms with van der Waals surface area (Å²) in [5.74, 6) is 0.808. The molecule has 0 aliphatic rings. The van der Waals surface area contributed by atoms with Gasteiger partial charge in [0.05, 0.1) is 12.8 Å². The molecule has 2 aromatic rings. The average Bonchev–Trinajstić information content (AvgIpc) is 2.73. The molecule has 0 saturated carbocycles. The fraction of sp³-hybridized carbons (Fsp3) is 0.231. The number of halogens is 1. The Hall–Kier alpha value is -1.19. The van der Waals surface area contributed by atoms with Gasteiger partial charge < -0.3 is 10.1 Å². The highest BCUT2D eigenvalue weighted by Crippen LogP contribution is 2.28. The number of hydrogen-bond acceptors (Lipinski definition) is 3. The second kappa shape index (κ2) is 5.43. The largest absolute Gasteiger partial charge is 0.495 e. The van der Waals surface area contributed by atoms with Gasteiger partial charge in [-0.15, -0.1) is 11.3 Å². The molecular formula is C13H14ClNOS. The number of thiophene rings is 1. The van der Waals surface area contributed by atoms with Gasteiger partial charge in [0.2, 0.25) is 0 Å². The molecule has 4 heteroatoms. The van der Waals surface area contributed by atoms with Crippen molar-refractivity contribution in [1.29, 1.82) is 0 Å². The van der Waals surface area contributed by atoms with Gasteiger partial charge in [-0.05, 0) is 37.3 Å². The molecule has 1 N–H and O–H groups in total. The summed E-state index contributed by atoms with van der Waals surface area (Å²) in [5, 5.41) is 4.04. The summed E-state index contributed by atoms with van der Waals surface area (Å²) < 4.78 is 5.28. The number of anilines is 1. The van der Waals surface area contributed by atoms with Crippen LogP contribution in [0.2, 0.25) is 5.02 Å². The Morgan fingerprint density at radius 3 is 2.76 bits per heavy atom. The van der Waals surface area contributed by atoms with Crippen molar-refractivity contribution >= 4 is 28.6 Å². The summed E-state index contributed by atoms with van der Waals surface area (Å²) in [6, 6.07) is 9.81. The molecule has 0 fully saturated rings. The quantitative estimate of drug-likeness (QED) is 0.890. The van der Waals surface area contributed by atoms with Gasteiger partial charge in [0, 0.05) is 21.3 Å². The third kappa shape index (κ3) is 3.14. The Morgan fingerprint density at radius 2 is 2.12 bits per heavy atom. The highest BCUT2D eigenvalue weighted by Gasteiger charge is 2.04. The normalized spacial score (nSPS) is 10.3. The van der Waals surface area contributed by atoms with Gasteiger partial charge in [0.1, 0.15) is 5.75 Å². The SMILES string of the molecule is COc1ccc(Cl)cc1NCc1ccc(C)s1. The minimum absolute atomic E-state index is 0.704. The Labute approximate surface area is 110 Å². The molecule has 1 heterocycles. The van der Waals surface area contributed by atoms with Crippen LogP contribution in [0.1, 0.15) is 9.75 Å². The molecule has 1 aromatic carbocycles. The van der Waals surface area contributed by atoms with E-state index in [-0.39, 0.29) is 0 Å². The average molecular weight is 268 g/mol. The number of ether oxygens (including phenoxy) is 1. The van der Waals surface area contributed by atoms with E-state index in [1.807, 2.05) is 18.2 Å². The van der Waals surface area contributed by atoms with Crippen molar-refractivity contribution in [2.24, 2.45) is 0 Å². The van der Waals surface area contributed by atoms with Crippen LogP contribution < -0.4 is 10.1 Å². The summed E-state index contributed by atoms with van der Waals surface area (Å²) in [5.41, 5.74) is 0.922. The summed E-state index contributed by atoms with van der Waals surface area (Å²) in [6.45, 7) is 2.89. The molecule has 0 aliphatic heterocycles. The first-order valence-corrected chi connectivity index (χ1v) is 6.51. The maximum absolute atomic E-state index is 5.97. The zero-order chi connectivity index (χ0) is 12.3. The smallest absolute Gasteiger partial charge is 0.142 e. The molecule has 2 nitrogen and oxygen atoms in total. The predicted molar refractivity (Wildman–Crippen MR) is 74.4 cm³/mol. The lowest BCUT2D eigenvalue weighted by molar-refractivity contribution is 0.416. The van der Waals surface area contributed by atoms with Crippen molar-refractivity contribution in [1.82, 2.24) is 0 Å². The van der Waals surface area contributed by atoms with E-state index in [0.717, 1.165) is 18.0 Å². The van der Waals surface area contributed by atoms with Gasteiger partial charge >= 0.3 is 0 Å². The van der Waals surface area contributed by atoms with Crippen molar-refractivity contribution in [3.63, 3.8) is 0 Å². The fourth-order valence-corrected chi connectivity index (χ4v) is 2.58.